The topological polar surface area (TPSA) is 91.4 Å². The van der Waals surface area contributed by atoms with Gasteiger partial charge < -0.3 is 5.73 Å². The summed E-state index contributed by atoms with van der Waals surface area (Å²) in [7, 11) is 0. The van der Waals surface area contributed by atoms with E-state index in [0.29, 0.717) is 16.5 Å². The zero-order valence-corrected chi connectivity index (χ0v) is 9.59. The number of nitrogens with two attached hydrogens (primary N) is 1. The van der Waals surface area contributed by atoms with Crippen LogP contribution in [0.5, 0.6) is 0 Å². The third-order valence-corrected chi connectivity index (χ3v) is 3.05. The SMILES string of the molecule is N=C(N)c1cccc(CSc2ncn[nH]2)c1F. The highest BCUT2D eigenvalue weighted by Gasteiger charge is 2.10. The van der Waals surface area contributed by atoms with Gasteiger partial charge in [0.1, 0.15) is 18.0 Å². The lowest BCUT2D eigenvalue weighted by atomic mass is 10.1. The Morgan fingerprint density at radius 1 is 1.53 bits per heavy atom. The highest BCUT2D eigenvalue weighted by Crippen LogP contribution is 2.21. The number of amidine groups is 1. The molecular weight excluding hydrogens is 241 g/mol. The first-order chi connectivity index (χ1) is 8.18. The molecule has 0 amide bonds. The third kappa shape index (κ3) is 2.62. The monoisotopic (exact) mass is 251 g/mol. The maximum absolute atomic E-state index is 13.9. The van der Waals surface area contributed by atoms with Crippen LogP contribution < -0.4 is 5.73 Å². The first kappa shape index (κ1) is 11.6. The van der Waals surface area contributed by atoms with Crippen LogP contribution in [0.1, 0.15) is 11.1 Å². The maximum Gasteiger partial charge on any atom is 0.183 e. The summed E-state index contributed by atoms with van der Waals surface area (Å²) in [4.78, 5) is 3.93. The molecule has 0 saturated carbocycles. The molecule has 0 bridgehead atoms. The van der Waals surface area contributed by atoms with Gasteiger partial charge in [-0.1, -0.05) is 23.9 Å². The van der Waals surface area contributed by atoms with Crippen molar-refractivity contribution in [3.63, 3.8) is 0 Å². The third-order valence-electron chi connectivity index (χ3n) is 2.13. The molecule has 0 radical (unpaired) electrons. The Morgan fingerprint density at radius 2 is 2.35 bits per heavy atom. The minimum Gasteiger partial charge on any atom is -0.384 e. The largest absolute Gasteiger partial charge is 0.384 e. The molecule has 0 aliphatic rings. The van der Waals surface area contributed by atoms with Gasteiger partial charge in [-0.3, -0.25) is 10.5 Å². The molecule has 1 heterocycles. The van der Waals surface area contributed by atoms with E-state index in [1.165, 1.54) is 24.2 Å². The molecule has 7 heteroatoms. The van der Waals surface area contributed by atoms with E-state index in [-0.39, 0.29) is 11.4 Å². The second kappa shape index (κ2) is 4.96. The standard InChI is InChI=1S/C10H10FN5S/c11-8-6(2-1-3-7(8)9(12)13)4-17-10-14-5-15-16-10/h1-3,5H,4H2,(H3,12,13)(H,14,15,16). The minimum atomic E-state index is -0.452. The Kier molecular flexibility index (Phi) is 3.38. The molecule has 0 unspecified atom stereocenters. The normalized spacial score (nSPS) is 10.4. The summed E-state index contributed by atoms with van der Waals surface area (Å²) in [6, 6.07) is 4.82. The van der Waals surface area contributed by atoms with E-state index in [2.05, 4.69) is 15.2 Å². The van der Waals surface area contributed by atoms with Crippen molar-refractivity contribution in [1.82, 2.24) is 15.2 Å². The summed E-state index contributed by atoms with van der Waals surface area (Å²) in [5.74, 6) is -0.316. The summed E-state index contributed by atoms with van der Waals surface area (Å²) in [6.07, 6.45) is 1.39. The molecule has 1 aromatic heterocycles. The zero-order valence-electron chi connectivity index (χ0n) is 8.77. The van der Waals surface area contributed by atoms with Gasteiger partial charge in [0.2, 0.25) is 0 Å². The minimum absolute atomic E-state index is 0.126. The Morgan fingerprint density at radius 3 is 3.00 bits per heavy atom. The van der Waals surface area contributed by atoms with Crippen molar-refractivity contribution in [2.45, 2.75) is 10.9 Å². The van der Waals surface area contributed by atoms with Crippen LogP contribution in [0.3, 0.4) is 0 Å². The van der Waals surface area contributed by atoms with Gasteiger partial charge in [0, 0.05) is 5.75 Å². The fourth-order valence-corrected chi connectivity index (χ4v) is 2.06. The number of benzene rings is 1. The van der Waals surface area contributed by atoms with E-state index >= 15 is 0 Å². The van der Waals surface area contributed by atoms with Crippen LogP contribution in [0, 0.1) is 11.2 Å². The fourth-order valence-electron chi connectivity index (χ4n) is 1.31. The van der Waals surface area contributed by atoms with Crippen molar-refractivity contribution in [1.29, 1.82) is 5.41 Å². The molecule has 17 heavy (non-hydrogen) atoms. The molecule has 0 atom stereocenters. The number of aromatic amines is 1. The van der Waals surface area contributed by atoms with Crippen LogP contribution in [0.15, 0.2) is 29.7 Å². The number of H-pyrrole nitrogens is 1. The van der Waals surface area contributed by atoms with Gasteiger partial charge in [-0.05, 0) is 11.6 Å². The molecule has 0 saturated heterocycles. The lowest BCUT2D eigenvalue weighted by Crippen LogP contribution is -2.14. The second-order valence-corrected chi connectivity index (χ2v) is 4.24. The smallest absolute Gasteiger partial charge is 0.183 e. The van der Waals surface area contributed by atoms with Crippen LogP contribution in [0.2, 0.25) is 0 Å². The average Bonchev–Trinajstić information content (AvgIpc) is 2.80. The summed E-state index contributed by atoms with van der Waals surface area (Å²) < 4.78 is 13.9. The van der Waals surface area contributed by atoms with Crippen molar-refractivity contribution in [2.75, 3.05) is 0 Å². The first-order valence-electron chi connectivity index (χ1n) is 4.78. The van der Waals surface area contributed by atoms with Crippen LogP contribution >= 0.6 is 11.8 Å². The number of nitrogens with one attached hydrogen (secondary N) is 2. The molecule has 5 nitrogen and oxygen atoms in total. The van der Waals surface area contributed by atoms with Crippen molar-refractivity contribution in [2.24, 2.45) is 5.73 Å². The van der Waals surface area contributed by atoms with Crippen molar-refractivity contribution in [3.8, 4) is 0 Å². The molecule has 2 rings (SSSR count). The highest BCUT2D eigenvalue weighted by atomic mass is 32.2. The number of rotatable bonds is 4. The Bertz CT molecular complexity index is 525. The second-order valence-electron chi connectivity index (χ2n) is 3.27. The molecule has 2 aromatic rings. The summed E-state index contributed by atoms with van der Waals surface area (Å²) in [5, 5.41) is 14.2. The quantitative estimate of drug-likeness (QED) is 0.436. The van der Waals surface area contributed by atoms with Crippen LogP contribution in [0.25, 0.3) is 0 Å². The molecule has 4 N–H and O–H groups in total. The molecule has 88 valence electrons. The van der Waals surface area contributed by atoms with Gasteiger partial charge in [0.05, 0.1) is 5.56 Å². The molecule has 0 spiro atoms. The Hall–Kier alpha value is -1.89. The predicted octanol–water partition coefficient (Wildman–Crippen LogP) is 1.52. The number of hydrogen-bond donors (Lipinski definition) is 3. The van der Waals surface area contributed by atoms with Gasteiger partial charge >= 0.3 is 0 Å². The van der Waals surface area contributed by atoms with Crippen LogP contribution in [0.4, 0.5) is 4.39 Å². The van der Waals surface area contributed by atoms with E-state index < -0.39 is 5.82 Å². The Balaban J connectivity index is 2.16. The lowest BCUT2D eigenvalue weighted by molar-refractivity contribution is 0.614. The van der Waals surface area contributed by atoms with Gasteiger partial charge in [0.15, 0.2) is 5.16 Å². The summed E-state index contributed by atoms with van der Waals surface area (Å²) >= 11 is 1.33. The molecule has 0 aliphatic carbocycles. The Labute approximate surface area is 101 Å². The van der Waals surface area contributed by atoms with Gasteiger partial charge in [-0.15, -0.1) is 0 Å². The number of nitrogen functional groups attached to an aromatic ring is 1. The van der Waals surface area contributed by atoms with E-state index in [4.69, 9.17) is 11.1 Å². The van der Waals surface area contributed by atoms with E-state index in [9.17, 15) is 4.39 Å². The molecular formula is C10H10FN5S. The van der Waals surface area contributed by atoms with Crippen LogP contribution in [-0.4, -0.2) is 21.0 Å². The highest BCUT2D eigenvalue weighted by molar-refractivity contribution is 7.98. The van der Waals surface area contributed by atoms with Crippen molar-refractivity contribution in [3.05, 3.63) is 41.5 Å². The van der Waals surface area contributed by atoms with Crippen molar-refractivity contribution < 1.29 is 4.39 Å². The summed E-state index contributed by atoms with van der Waals surface area (Å²) in [5.41, 5.74) is 5.89. The number of thioether (sulfide) groups is 1. The first-order valence-corrected chi connectivity index (χ1v) is 5.77. The molecule has 0 aliphatic heterocycles. The van der Waals surface area contributed by atoms with Crippen LogP contribution in [-0.2, 0) is 5.75 Å². The number of hydrogen-bond acceptors (Lipinski definition) is 4. The number of halogens is 1. The van der Waals surface area contributed by atoms with Gasteiger partial charge in [-0.25, -0.2) is 9.37 Å². The van der Waals surface area contributed by atoms with E-state index in [1.54, 1.807) is 12.1 Å². The molecule has 0 fully saturated rings. The van der Waals surface area contributed by atoms with Gasteiger partial charge in [-0.2, -0.15) is 5.10 Å². The zero-order chi connectivity index (χ0) is 12.3. The fraction of sp³-hybridized carbons (Fsp3) is 0.100. The molecule has 1 aromatic carbocycles. The van der Waals surface area contributed by atoms with E-state index in [0.717, 1.165) is 0 Å². The lowest BCUT2D eigenvalue weighted by Gasteiger charge is -2.05. The van der Waals surface area contributed by atoms with Crippen molar-refractivity contribution >= 4 is 17.6 Å². The predicted molar refractivity (Wildman–Crippen MR) is 63.4 cm³/mol. The van der Waals surface area contributed by atoms with E-state index in [1.807, 2.05) is 0 Å². The average molecular weight is 251 g/mol. The van der Waals surface area contributed by atoms with Gasteiger partial charge in [0.25, 0.3) is 0 Å². The maximum atomic E-state index is 13.9. The number of nitrogens with zero attached hydrogens (tertiary/aromatic N) is 2. The number of aromatic nitrogens is 3. The summed E-state index contributed by atoms with van der Waals surface area (Å²) in [6.45, 7) is 0.